The van der Waals surface area contributed by atoms with Crippen molar-refractivity contribution in [1.29, 1.82) is 0 Å². The highest BCUT2D eigenvalue weighted by Crippen LogP contribution is 2.28. The summed E-state index contributed by atoms with van der Waals surface area (Å²) in [6, 6.07) is 7.78. The van der Waals surface area contributed by atoms with Crippen LogP contribution >= 0.6 is 0 Å². The van der Waals surface area contributed by atoms with Crippen LogP contribution in [0.4, 0.5) is 0 Å². The van der Waals surface area contributed by atoms with Crippen molar-refractivity contribution in [3.63, 3.8) is 0 Å². The van der Waals surface area contributed by atoms with Crippen LogP contribution in [-0.4, -0.2) is 54.6 Å². The molecule has 3 rings (SSSR count). The quantitative estimate of drug-likeness (QED) is 0.614. The highest BCUT2D eigenvalue weighted by Gasteiger charge is 2.15. The van der Waals surface area contributed by atoms with E-state index in [1.807, 2.05) is 31.2 Å². The van der Waals surface area contributed by atoms with Gasteiger partial charge in [0.1, 0.15) is 12.7 Å². The first-order valence-electron chi connectivity index (χ1n) is 11.0. The highest BCUT2D eigenvalue weighted by molar-refractivity contribution is 5.43. The van der Waals surface area contributed by atoms with Crippen LogP contribution in [0, 0.1) is 6.92 Å². The van der Waals surface area contributed by atoms with Gasteiger partial charge in [0.2, 0.25) is 0 Å². The molecule has 1 unspecified atom stereocenters. The minimum absolute atomic E-state index is 0.251. The second-order valence-corrected chi connectivity index (χ2v) is 8.06. The topological polar surface area (TPSA) is 80.0 Å². The number of aryl methyl sites for hydroxylation is 1. The Morgan fingerprint density at radius 3 is 2.57 bits per heavy atom. The molecule has 0 saturated carbocycles. The molecular weight excluding hydrogens is 382 g/mol. The third kappa shape index (κ3) is 7.31. The third-order valence-electron chi connectivity index (χ3n) is 5.38. The first kappa shape index (κ1) is 22.6. The number of β-amino-alcohol motifs (C(OH)–C–C–N with tert-alkyl or cyclic N) is 1. The van der Waals surface area contributed by atoms with E-state index < -0.39 is 6.10 Å². The van der Waals surface area contributed by atoms with E-state index in [0.29, 0.717) is 31.1 Å². The van der Waals surface area contributed by atoms with Gasteiger partial charge < -0.3 is 29.3 Å². The van der Waals surface area contributed by atoms with E-state index in [1.54, 1.807) is 7.11 Å². The Labute approximate surface area is 179 Å². The van der Waals surface area contributed by atoms with Gasteiger partial charge in [-0.05, 0) is 50.6 Å². The maximum absolute atomic E-state index is 10.5. The van der Waals surface area contributed by atoms with Crippen LogP contribution < -0.4 is 14.8 Å². The van der Waals surface area contributed by atoms with Crippen molar-refractivity contribution in [2.75, 3.05) is 33.4 Å². The average molecular weight is 418 g/mol. The van der Waals surface area contributed by atoms with Crippen LogP contribution in [0.25, 0.3) is 0 Å². The van der Waals surface area contributed by atoms with Gasteiger partial charge in [0, 0.05) is 19.2 Å². The normalized spacial score (nSPS) is 16.6. The zero-order chi connectivity index (χ0) is 21.2. The Morgan fingerprint density at radius 2 is 1.87 bits per heavy atom. The van der Waals surface area contributed by atoms with Crippen molar-refractivity contribution in [2.45, 2.75) is 58.2 Å². The molecule has 1 aliphatic heterocycles. The van der Waals surface area contributed by atoms with E-state index >= 15 is 0 Å². The lowest BCUT2D eigenvalue weighted by molar-refractivity contribution is 0.0644. The molecule has 7 heteroatoms. The zero-order valence-electron chi connectivity index (χ0n) is 18.2. The van der Waals surface area contributed by atoms with Crippen molar-refractivity contribution in [2.24, 2.45) is 0 Å². The first-order valence-corrected chi connectivity index (χ1v) is 11.0. The number of ether oxygens (including phenoxy) is 2. The van der Waals surface area contributed by atoms with Crippen LogP contribution in [0.3, 0.4) is 0 Å². The number of hydrogen-bond acceptors (Lipinski definition) is 7. The summed E-state index contributed by atoms with van der Waals surface area (Å²) in [7, 11) is 1.63. The highest BCUT2D eigenvalue weighted by atomic mass is 16.5. The summed E-state index contributed by atoms with van der Waals surface area (Å²) in [5, 5.41) is 17.7. The lowest BCUT2D eigenvalue weighted by Crippen LogP contribution is -2.37. The molecule has 1 aromatic heterocycles. The van der Waals surface area contributed by atoms with Crippen molar-refractivity contribution in [1.82, 2.24) is 15.4 Å². The number of likely N-dealkylation sites (tertiary alicyclic amines) is 1. The number of aliphatic hydroxyl groups is 1. The number of aromatic nitrogens is 1. The van der Waals surface area contributed by atoms with E-state index in [2.05, 4.69) is 15.4 Å². The lowest BCUT2D eigenvalue weighted by atomic mass is 10.1. The molecule has 166 valence electrons. The minimum atomic E-state index is -0.523. The predicted molar refractivity (Wildman–Crippen MR) is 116 cm³/mol. The van der Waals surface area contributed by atoms with Gasteiger partial charge in [-0.15, -0.1) is 0 Å². The van der Waals surface area contributed by atoms with Gasteiger partial charge in [-0.2, -0.15) is 0 Å². The van der Waals surface area contributed by atoms with E-state index in [-0.39, 0.29) is 6.61 Å². The summed E-state index contributed by atoms with van der Waals surface area (Å²) in [6.07, 6.45) is 5.82. The third-order valence-corrected chi connectivity index (χ3v) is 5.38. The van der Waals surface area contributed by atoms with Gasteiger partial charge in [-0.1, -0.05) is 30.5 Å². The minimum Gasteiger partial charge on any atom is -0.493 e. The molecule has 0 aliphatic carbocycles. The van der Waals surface area contributed by atoms with Crippen LogP contribution in [0.5, 0.6) is 11.5 Å². The van der Waals surface area contributed by atoms with Gasteiger partial charge in [0.05, 0.1) is 19.3 Å². The van der Waals surface area contributed by atoms with Crippen LogP contribution in [-0.2, 0) is 13.1 Å². The molecule has 30 heavy (non-hydrogen) atoms. The Hall–Kier alpha value is -2.09. The molecule has 2 heterocycles. The fraction of sp³-hybridized carbons (Fsp3) is 0.609. The maximum Gasteiger partial charge on any atom is 0.161 e. The van der Waals surface area contributed by atoms with Gasteiger partial charge in [0.15, 0.2) is 17.3 Å². The molecule has 0 bridgehead atoms. The molecule has 0 amide bonds. The first-order chi connectivity index (χ1) is 14.6. The van der Waals surface area contributed by atoms with Gasteiger partial charge >= 0.3 is 0 Å². The molecule has 1 aliphatic rings. The van der Waals surface area contributed by atoms with Gasteiger partial charge in [0.25, 0.3) is 0 Å². The van der Waals surface area contributed by atoms with Crippen LogP contribution in [0.15, 0.2) is 28.8 Å². The molecule has 0 spiro atoms. The largest absolute Gasteiger partial charge is 0.493 e. The molecule has 2 aromatic rings. The molecular formula is C23H35N3O4. The number of methoxy groups -OCH3 is 1. The molecule has 1 saturated heterocycles. The van der Waals surface area contributed by atoms with E-state index in [4.69, 9.17) is 14.0 Å². The monoisotopic (exact) mass is 417 g/mol. The number of nitrogens with zero attached hydrogens (tertiary/aromatic N) is 2. The SMILES string of the molecule is COc1ccc(CNCc2cc(C)no2)cc1OCC(O)CN1CCCCCCC1. The second kappa shape index (κ2) is 11.9. The number of nitrogens with one attached hydrogen (secondary N) is 1. The lowest BCUT2D eigenvalue weighted by Gasteiger charge is -2.26. The maximum atomic E-state index is 10.5. The standard InChI is InChI=1S/C23H35N3O4/c1-18-12-21(30-25-18)15-24-14-19-8-9-22(28-2)23(13-19)29-17-20(27)16-26-10-6-4-3-5-7-11-26/h8-9,12-13,20,24,27H,3-7,10-11,14-17H2,1-2H3. The molecule has 1 aromatic carbocycles. The van der Waals surface area contributed by atoms with E-state index in [1.165, 1.54) is 32.1 Å². The second-order valence-electron chi connectivity index (χ2n) is 8.06. The van der Waals surface area contributed by atoms with Crippen LogP contribution in [0.2, 0.25) is 0 Å². The summed E-state index contributed by atoms with van der Waals surface area (Å²) in [5.74, 6) is 2.13. The van der Waals surface area contributed by atoms with Crippen molar-refractivity contribution in [3.05, 3.63) is 41.3 Å². The van der Waals surface area contributed by atoms with Gasteiger partial charge in [-0.3, -0.25) is 0 Å². The van der Waals surface area contributed by atoms with Crippen molar-refractivity contribution in [3.8, 4) is 11.5 Å². The number of aliphatic hydroxyl groups excluding tert-OH is 1. The van der Waals surface area contributed by atoms with E-state index in [9.17, 15) is 5.11 Å². The Bertz CT molecular complexity index is 757. The summed E-state index contributed by atoms with van der Waals surface area (Å²) in [4.78, 5) is 2.36. The van der Waals surface area contributed by atoms with Crippen molar-refractivity contribution < 1.29 is 19.1 Å². The average Bonchev–Trinajstić information content (AvgIpc) is 3.13. The summed E-state index contributed by atoms with van der Waals surface area (Å²) in [5.41, 5.74) is 1.95. The fourth-order valence-corrected chi connectivity index (χ4v) is 3.81. The number of benzene rings is 1. The summed E-state index contributed by atoms with van der Waals surface area (Å²) < 4.78 is 16.6. The van der Waals surface area contributed by atoms with E-state index in [0.717, 1.165) is 30.1 Å². The Kier molecular flexibility index (Phi) is 8.99. The molecule has 1 atom stereocenters. The van der Waals surface area contributed by atoms with Crippen molar-refractivity contribution >= 4 is 0 Å². The number of hydrogen-bond donors (Lipinski definition) is 2. The number of rotatable bonds is 10. The fourth-order valence-electron chi connectivity index (χ4n) is 3.81. The van der Waals surface area contributed by atoms with Gasteiger partial charge in [-0.25, -0.2) is 0 Å². The Balaban J connectivity index is 1.48. The van der Waals surface area contributed by atoms with Crippen LogP contribution in [0.1, 0.15) is 49.1 Å². The molecule has 2 N–H and O–H groups in total. The molecule has 0 radical (unpaired) electrons. The summed E-state index contributed by atoms with van der Waals surface area (Å²) in [6.45, 7) is 6.20. The summed E-state index contributed by atoms with van der Waals surface area (Å²) >= 11 is 0. The molecule has 1 fully saturated rings. The smallest absolute Gasteiger partial charge is 0.161 e. The predicted octanol–water partition coefficient (Wildman–Crippen LogP) is 3.29. The molecule has 7 nitrogen and oxygen atoms in total. The Morgan fingerprint density at radius 1 is 1.10 bits per heavy atom. The zero-order valence-corrected chi connectivity index (χ0v) is 18.2.